The van der Waals surface area contributed by atoms with Crippen LogP contribution in [0.4, 0.5) is 0 Å². The molecule has 2 fully saturated rings. The van der Waals surface area contributed by atoms with Crippen LogP contribution in [0.5, 0.6) is 0 Å². The third-order valence-electron chi connectivity index (χ3n) is 5.37. The van der Waals surface area contributed by atoms with Crippen molar-refractivity contribution in [2.75, 3.05) is 13.6 Å². The summed E-state index contributed by atoms with van der Waals surface area (Å²) in [5.41, 5.74) is -0.747. The first kappa shape index (κ1) is 16.8. The normalized spacial score (nSPS) is 29.3. The van der Waals surface area contributed by atoms with E-state index in [-0.39, 0.29) is 0 Å². The maximum atomic E-state index is 11.5. The largest absolute Gasteiger partial charge is 0.480 e. The minimum Gasteiger partial charge on any atom is -0.480 e. The maximum Gasteiger partial charge on any atom is 0.323 e. The fraction of sp³-hybridized carbons (Fsp3) is 0.941. The molecule has 0 aliphatic heterocycles. The first-order valence-corrected chi connectivity index (χ1v) is 8.62. The van der Waals surface area contributed by atoms with Gasteiger partial charge in [0, 0.05) is 12.1 Å². The van der Waals surface area contributed by atoms with Crippen molar-refractivity contribution in [3.05, 3.63) is 0 Å². The molecule has 0 spiro atoms. The number of hydrogen-bond donors (Lipinski definition) is 2. The summed E-state index contributed by atoms with van der Waals surface area (Å²) in [6, 6.07) is 1.14. The molecule has 0 aromatic rings. The van der Waals surface area contributed by atoms with Crippen LogP contribution in [0.15, 0.2) is 0 Å². The molecule has 2 aliphatic carbocycles. The molecule has 1 unspecified atom stereocenters. The zero-order chi connectivity index (χ0) is 15.5. The van der Waals surface area contributed by atoms with E-state index in [0.717, 1.165) is 31.7 Å². The van der Waals surface area contributed by atoms with Crippen LogP contribution in [0.2, 0.25) is 0 Å². The first-order chi connectivity index (χ1) is 9.90. The summed E-state index contributed by atoms with van der Waals surface area (Å²) in [4.78, 5) is 14.0. The monoisotopic (exact) mass is 296 g/mol. The van der Waals surface area contributed by atoms with Gasteiger partial charge in [-0.15, -0.1) is 0 Å². The lowest BCUT2D eigenvalue weighted by Crippen LogP contribution is -2.51. The number of aliphatic carboxylic acids is 1. The molecule has 0 aromatic heterocycles. The molecule has 4 heteroatoms. The van der Waals surface area contributed by atoms with Crippen molar-refractivity contribution in [2.24, 2.45) is 5.92 Å². The van der Waals surface area contributed by atoms with Crippen LogP contribution >= 0.6 is 0 Å². The van der Waals surface area contributed by atoms with Crippen molar-refractivity contribution >= 4 is 5.97 Å². The molecule has 4 nitrogen and oxygen atoms in total. The Labute approximate surface area is 129 Å². The van der Waals surface area contributed by atoms with Gasteiger partial charge in [0.1, 0.15) is 5.54 Å². The molecule has 2 aliphatic rings. The molecular weight excluding hydrogens is 264 g/mol. The van der Waals surface area contributed by atoms with Crippen LogP contribution in [0.3, 0.4) is 0 Å². The molecule has 122 valence electrons. The average Bonchev–Trinajstić information content (AvgIpc) is 3.23. The molecule has 2 saturated carbocycles. The predicted octanol–water partition coefficient (Wildman–Crippen LogP) is 2.87. The average molecular weight is 296 g/mol. The molecular formula is C17H32N2O2. The summed E-state index contributed by atoms with van der Waals surface area (Å²) in [6.45, 7) is 5.20. The van der Waals surface area contributed by atoms with Gasteiger partial charge in [0.05, 0.1) is 0 Å². The van der Waals surface area contributed by atoms with Gasteiger partial charge >= 0.3 is 5.97 Å². The summed E-state index contributed by atoms with van der Waals surface area (Å²) in [5, 5.41) is 12.8. The van der Waals surface area contributed by atoms with Gasteiger partial charge in [0.2, 0.25) is 0 Å². The Balaban J connectivity index is 1.72. The molecule has 0 heterocycles. The number of hydrogen-bond acceptors (Lipinski definition) is 3. The predicted molar refractivity (Wildman–Crippen MR) is 85.5 cm³/mol. The van der Waals surface area contributed by atoms with E-state index in [1.54, 1.807) is 0 Å². The van der Waals surface area contributed by atoms with Crippen molar-refractivity contribution in [3.8, 4) is 0 Å². The zero-order valence-electron chi connectivity index (χ0n) is 13.9. The molecule has 0 saturated heterocycles. The van der Waals surface area contributed by atoms with E-state index >= 15 is 0 Å². The highest BCUT2D eigenvalue weighted by Gasteiger charge is 2.38. The number of carboxylic acids is 1. The first-order valence-electron chi connectivity index (χ1n) is 8.62. The number of carboxylic acid groups (broad SMARTS) is 1. The Morgan fingerprint density at radius 2 is 1.86 bits per heavy atom. The summed E-state index contributed by atoms with van der Waals surface area (Å²) >= 11 is 0. The minimum atomic E-state index is -0.747. The Bertz CT molecular complexity index is 349. The summed E-state index contributed by atoms with van der Waals surface area (Å²) in [5.74, 6) is 0.177. The van der Waals surface area contributed by atoms with Crippen LogP contribution in [0.1, 0.15) is 65.2 Å². The topological polar surface area (TPSA) is 52.6 Å². The summed E-state index contributed by atoms with van der Waals surface area (Å²) in [7, 11) is 2.20. The van der Waals surface area contributed by atoms with E-state index in [1.807, 2.05) is 6.92 Å². The van der Waals surface area contributed by atoms with Crippen LogP contribution in [-0.2, 0) is 4.79 Å². The summed E-state index contributed by atoms with van der Waals surface area (Å²) < 4.78 is 0. The minimum absolute atomic E-state index is 0.434. The Hall–Kier alpha value is -0.610. The van der Waals surface area contributed by atoms with Crippen LogP contribution < -0.4 is 5.32 Å². The second-order valence-corrected chi connectivity index (χ2v) is 7.55. The van der Waals surface area contributed by atoms with Crippen molar-refractivity contribution in [1.29, 1.82) is 0 Å². The van der Waals surface area contributed by atoms with Crippen molar-refractivity contribution in [1.82, 2.24) is 10.2 Å². The zero-order valence-corrected chi connectivity index (χ0v) is 13.9. The fourth-order valence-corrected chi connectivity index (χ4v) is 3.47. The Morgan fingerprint density at radius 1 is 1.24 bits per heavy atom. The van der Waals surface area contributed by atoms with Gasteiger partial charge in [-0.2, -0.15) is 0 Å². The standard InChI is InChI=1S/C17H32N2O2/c1-13-5-9-15(10-6-13)19(3)12-4-11-17(2,16(20)21)18-14-7-8-14/h13-15,18H,4-12H2,1-3H3,(H,20,21). The third-order valence-corrected chi connectivity index (χ3v) is 5.37. The number of nitrogens with zero attached hydrogens (tertiary/aromatic N) is 1. The highest BCUT2D eigenvalue weighted by atomic mass is 16.4. The van der Waals surface area contributed by atoms with Crippen molar-refractivity contribution < 1.29 is 9.90 Å². The maximum absolute atomic E-state index is 11.5. The Kier molecular flexibility index (Phi) is 5.67. The van der Waals surface area contributed by atoms with Gasteiger partial charge in [-0.3, -0.25) is 10.1 Å². The molecule has 2 N–H and O–H groups in total. The second kappa shape index (κ2) is 7.10. The van der Waals surface area contributed by atoms with Gasteiger partial charge in [-0.05, 0) is 77.8 Å². The molecule has 0 amide bonds. The van der Waals surface area contributed by atoms with Crippen LogP contribution in [-0.4, -0.2) is 47.2 Å². The van der Waals surface area contributed by atoms with Crippen molar-refractivity contribution in [3.63, 3.8) is 0 Å². The Morgan fingerprint density at radius 3 is 2.38 bits per heavy atom. The van der Waals surface area contributed by atoms with Gasteiger partial charge < -0.3 is 10.0 Å². The van der Waals surface area contributed by atoms with Gasteiger partial charge in [0.25, 0.3) is 0 Å². The molecule has 0 radical (unpaired) electrons. The van der Waals surface area contributed by atoms with Gasteiger partial charge in [0.15, 0.2) is 0 Å². The summed E-state index contributed by atoms with van der Waals surface area (Å²) in [6.07, 6.45) is 9.20. The van der Waals surface area contributed by atoms with Gasteiger partial charge in [-0.25, -0.2) is 0 Å². The van der Waals surface area contributed by atoms with Gasteiger partial charge in [-0.1, -0.05) is 6.92 Å². The highest BCUT2D eigenvalue weighted by Crippen LogP contribution is 2.28. The lowest BCUT2D eigenvalue weighted by atomic mass is 9.86. The van der Waals surface area contributed by atoms with Crippen molar-refractivity contribution in [2.45, 2.75) is 82.8 Å². The fourth-order valence-electron chi connectivity index (χ4n) is 3.47. The molecule has 0 bridgehead atoms. The third kappa shape index (κ3) is 4.96. The highest BCUT2D eigenvalue weighted by molar-refractivity contribution is 5.78. The molecule has 1 atom stereocenters. The van der Waals surface area contributed by atoms with E-state index < -0.39 is 11.5 Å². The quantitative estimate of drug-likeness (QED) is 0.723. The smallest absolute Gasteiger partial charge is 0.323 e. The molecule has 2 rings (SSSR count). The number of carbonyl (C=O) groups is 1. The van der Waals surface area contributed by atoms with Crippen LogP contribution in [0.25, 0.3) is 0 Å². The molecule has 0 aromatic carbocycles. The van der Waals surface area contributed by atoms with E-state index in [0.29, 0.717) is 18.5 Å². The number of rotatable bonds is 8. The number of nitrogens with one attached hydrogen (secondary N) is 1. The van der Waals surface area contributed by atoms with E-state index in [1.165, 1.54) is 25.7 Å². The van der Waals surface area contributed by atoms with Crippen LogP contribution in [0, 0.1) is 5.92 Å². The SMILES string of the molecule is CC1CCC(N(C)CCCC(C)(NC2CC2)C(=O)O)CC1. The lowest BCUT2D eigenvalue weighted by Gasteiger charge is -2.34. The van der Waals surface area contributed by atoms with E-state index in [2.05, 4.69) is 24.2 Å². The van der Waals surface area contributed by atoms with E-state index in [4.69, 9.17) is 0 Å². The lowest BCUT2D eigenvalue weighted by molar-refractivity contribution is -0.144. The van der Waals surface area contributed by atoms with E-state index in [9.17, 15) is 9.90 Å². The molecule has 21 heavy (non-hydrogen) atoms. The second-order valence-electron chi connectivity index (χ2n) is 7.55.